The number of alkyl carbamates (subject to hydrolysis) is 1. The molecule has 0 heterocycles. The van der Waals surface area contributed by atoms with Crippen LogP contribution in [0.4, 0.5) is 9.59 Å². The van der Waals surface area contributed by atoms with Gasteiger partial charge in [-0.1, -0.05) is 63.9 Å². The molecule has 1 aliphatic carbocycles. The molecule has 258 valence electrons. The van der Waals surface area contributed by atoms with E-state index in [1.807, 2.05) is 44.2 Å². The zero-order chi connectivity index (χ0) is 33.9. The zero-order valence-corrected chi connectivity index (χ0v) is 27.5. The first-order chi connectivity index (χ1) is 22.0. The number of hydrogen-bond donors (Lipinski definition) is 7. The molecule has 1 aromatic rings. The molecule has 2 rings (SSSR count). The molecule has 0 aromatic heterocycles. The average molecular weight is 647 g/mol. The van der Waals surface area contributed by atoms with Gasteiger partial charge >= 0.3 is 18.1 Å². The van der Waals surface area contributed by atoms with Crippen LogP contribution in [0.15, 0.2) is 30.3 Å². The Morgan fingerprint density at radius 2 is 1.59 bits per heavy atom. The number of carboxylic acid groups (broad SMARTS) is 1. The third-order valence-corrected chi connectivity index (χ3v) is 8.10. The fraction of sp³-hybridized carbons (Fsp3) is 0.667. The Morgan fingerprint density at radius 3 is 2.24 bits per heavy atom. The van der Waals surface area contributed by atoms with Crippen LogP contribution in [0.2, 0.25) is 0 Å². The Balaban J connectivity index is 1.99. The quantitative estimate of drug-likeness (QED) is 0.111. The van der Waals surface area contributed by atoms with Crippen LogP contribution in [0.1, 0.15) is 90.5 Å². The van der Waals surface area contributed by atoms with E-state index in [2.05, 4.69) is 33.5 Å². The lowest BCUT2D eigenvalue weighted by Gasteiger charge is -2.31. The van der Waals surface area contributed by atoms with Gasteiger partial charge in [0.25, 0.3) is 0 Å². The van der Waals surface area contributed by atoms with E-state index < -0.39 is 42.1 Å². The number of carbonyl (C=O) groups excluding carboxylic acids is 4. The Morgan fingerprint density at radius 1 is 0.913 bits per heavy atom. The first-order valence-corrected chi connectivity index (χ1v) is 16.5. The van der Waals surface area contributed by atoms with Gasteiger partial charge in [0.15, 0.2) is 0 Å². The largest absolute Gasteiger partial charge is 0.480 e. The smallest absolute Gasteiger partial charge is 0.407 e. The van der Waals surface area contributed by atoms with Crippen molar-refractivity contribution in [2.75, 3.05) is 13.1 Å². The van der Waals surface area contributed by atoms with E-state index in [1.54, 1.807) is 0 Å². The first kappa shape index (κ1) is 38.3. The summed E-state index contributed by atoms with van der Waals surface area (Å²) in [5, 5.41) is 23.2. The van der Waals surface area contributed by atoms with Crippen LogP contribution in [0, 0.1) is 11.8 Å². The van der Waals surface area contributed by atoms with E-state index in [9.17, 15) is 29.1 Å². The van der Waals surface area contributed by atoms with Crippen molar-refractivity contribution in [3.05, 3.63) is 35.9 Å². The maximum atomic E-state index is 13.5. The van der Waals surface area contributed by atoms with E-state index in [4.69, 9.17) is 10.5 Å². The summed E-state index contributed by atoms with van der Waals surface area (Å²) in [4.78, 5) is 63.4. The Labute approximate surface area is 272 Å². The van der Waals surface area contributed by atoms with Gasteiger partial charge < -0.3 is 42.2 Å². The molecule has 5 amide bonds. The standard InChI is InChI=1S/C33H54N6O7/c1-22(2)28(30(41)36-25-15-11-12-23(3)20-25)39-29(40)26(37-32(44)38-27(31(42)43)17-7-9-18-34)16-8-10-19-35-33(45)46-21-24-13-5-4-6-14-24/h4-6,13-14,22-23,25-28H,7-12,15-21,34H2,1-3H3,(H,35,45)(H,36,41)(H,39,40)(H,42,43)(H2,37,38,44)/t23?,25?,26-,27+,28?/m1/s1. The molecule has 0 bridgehead atoms. The highest BCUT2D eigenvalue weighted by Gasteiger charge is 2.31. The molecule has 3 unspecified atom stereocenters. The molecular formula is C33H54N6O7. The number of nitrogens with one attached hydrogen (secondary N) is 5. The molecule has 1 saturated carbocycles. The molecule has 0 spiro atoms. The highest BCUT2D eigenvalue weighted by Crippen LogP contribution is 2.23. The summed E-state index contributed by atoms with van der Waals surface area (Å²) in [7, 11) is 0. The van der Waals surface area contributed by atoms with Crippen LogP contribution in [-0.4, -0.2) is 72.3 Å². The van der Waals surface area contributed by atoms with Crippen LogP contribution < -0.4 is 32.3 Å². The van der Waals surface area contributed by atoms with Gasteiger partial charge in [0.2, 0.25) is 11.8 Å². The number of hydrogen-bond acceptors (Lipinski definition) is 7. The third kappa shape index (κ3) is 14.9. The van der Waals surface area contributed by atoms with Crippen molar-refractivity contribution in [1.29, 1.82) is 0 Å². The summed E-state index contributed by atoms with van der Waals surface area (Å²) in [6.07, 6.45) is 5.82. The molecule has 8 N–H and O–H groups in total. The molecule has 0 aliphatic heterocycles. The van der Waals surface area contributed by atoms with Crippen molar-refractivity contribution < 1.29 is 33.8 Å². The fourth-order valence-corrected chi connectivity index (χ4v) is 5.46. The van der Waals surface area contributed by atoms with E-state index in [0.29, 0.717) is 38.1 Å². The number of ether oxygens (including phenoxy) is 1. The lowest BCUT2D eigenvalue weighted by atomic mass is 9.87. The molecule has 46 heavy (non-hydrogen) atoms. The summed E-state index contributed by atoms with van der Waals surface area (Å²) in [5.41, 5.74) is 6.37. The van der Waals surface area contributed by atoms with Gasteiger partial charge in [-0.3, -0.25) is 9.59 Å². The second kappa shape index (κ2) is 21.0. The van der Waals surface area contributed by atoms with E-state index >= 15 is 0 Å². The van der Waals surface area contributed by atoms with Crippen molar-refractivity contribution in [3.63, 3.8) is 0 Å². The zero-order valence-electron chi connectivity index (χ0n) is 27.5. The molecule has 1 aromatic carbocycles. The number of nitrogens with two attached hydrogens (primary N) is 1. The topological polar surface area (TPSA) is 201 Å². The van der Waals surface area contributed by atoms with Crippen LogP contribution in [0.5, 0.6) is 0 Å². The van der Waals surface area contributed by atoms with Gasteiger partial charge in [0, 0.05) is 12.6 Å². The van der Waals surface area contributed by atoms with Crippen LogP contribution in [0.25, 0.3) is 0 Å². The minimum absolute atomic E-state index is 0.0493. The molecule has 5 atom stereocenters. The van der Waals surface area contributed by atoms with Gasteiger partial charge in [0.05, 0.1) is 0 Å². The van der Waals surface area contributed by atoms with Gasteiger partial charge in [-0.15, -0.1) is 0 Å². The van der Waals surface area contributed by atoms with E-state index in [-0.39, 0.29) is 43.9 Å². The predicted molar refractivity (Wildman–Crippen MR) is 175 cm³/mol. The minimum Gasteiger partial charge on any atom is -0.480 e. The molecule has 13 nitrogen and oxygen atoms in total. The second-order valence-corrected chi connectivity index (χ2v) is 12.5. The summed E-state index contributed by atoms with van der Waals surface area (Å²) < 4.78 is 5.21. The SMILES string of the molecule is CC1CCCC(NC(=O)C(NC(=O)[C@@H](CCCCNC(=O)OCc2ccccc2)NC(=O)N[C@@H](CCCCN)C(=O)O)C(C)C)C1. The number of rotatable bonds is 19. The number of carbonyl (C=O) groups is 5. The average Bonchev–Trinajstić information content (AvgIpc) is 3.01. The number of aliphatic carboxylic acids is 1. The minimum atomic E-state index is -1.19. The lowest BCUT2D eigenvalue weighted by molar-refractivity contribution is -0.139. The Kier molecular flexibility index (Phi) is 17.5. The van der Waals surface area contributed by atoms with Crippen molar-refractivity contribution in [3.8, 4) is 0 Å². The maximum Gasteiger partial charge on any atom is 0.407 e. The monoisotopic (exact) mass is 646 g/mol. The number of unbranched alkanes of at least 4 members (excludes halogenated alkanes) is 2. The third-order valence-electron chi connectivity index (χ3n) is 8.10. The van der Waals surface area contributed by atoms with E-state index in [1.165, 1.54) is 0 Å². The van der Waals surface area contributed by atoms with Gasteiger partial charge in [0.1, 0.15) is 24.7 Å². The molecule has 0 saturated heterocycles. The lowest BCUT2D eigenvalue weighted by Crippen LogP contribution is -2.58. The summed E-state index contributed by atoms with van der Waals surface area (Å²) in [6.45, 7) is 6.67. The molecule has 1 aliphatic rings. The molecular weight excluding hydrogens is 592 g/mol. The normalized spacial score (nSPS) is 18.0. The highest BCUT2D eigenvalue weighted by atomic mass is 16.5. The first-order valence-electron chi connectivity index (χ1n) is 16.5. The van der Waals surface area contributed by atoms with Crippen molar-refractivity contribution in [2.24, 2.45) is 17.6 Å². The number of urea groups is 1. The van der Waals surface area contributed by atoms with Gasteiger partial charge in [-0.2, -0.15) is 0 Å². The van der Waals surface area contributed by atoms with Crippen molar-refractivity contribution in [1.82, 2.24) is 26.6 Å². The Bertz CT molecular complexity index is 1100. The summed E-state index contributed by atoms with van der Waals surface area (Å²) >= 11 is 0. The van der Waals surface area contributed by atoms with Crippen LogP contribution in [0.3, 0.4) is 0 Å². The van der Waals surface area contributed by atoms with Crippen LogP contribution in [-0.2, 0) is 25.7 Å². The Hall–Kier alpha value is -3.87. The number of amides is 5. The van der Waals surface area contributed by atoms with Gasteiger partial charge in [-0.25, -0.2) is 14.4 Å². The molecule has 13 heteroatoms. The second-order valence-electron chi connectivity index (χ2n) is 12.5. The molecule has 0 radical (unpaired) electrons. The summed E-state index contributed by atoms with van der Waals surface area (Å²) in [5.74, 6) is -1.71. The van der Waals surface area contributed by atoms with Gasteiger partial charge in [-0.05, 0) is 75.3 Å². The fourth-order valence-electron chi connectivity index (χ4n) is 5.46. The van der Waals surface area contributed by atoms with Crippen molar-refractivity contribution >= 4 is 29.9 Å². The van der Waals surface area contributed by atoms with E-state index in [0.717, 1.165) is 31.2 Å². The summed E-state index contributed by atoms with van der Waals surface area (Å²) in [6, 6.07) is 5.52. The highest BCUT2D eigenvalue weighted by molar-refractivity contribution is 5.92. The predicted octanol–water partition coefficient (Wildman–Crippen LogP) is 3.17. The number of carboxylic acids is 1. The molecule has 1 fully saturated rings. The number of benzene rings is 1. The maximum absolute atomic E-state index is 13.5. The van der Waals surface area contributed by atoms with Crippen LogP contribution >= 0.6 is 0 Å². The van der Waals surface area contributed by atoms with Crippen molar-refractivity contribution in [2.45, 2.75) is 116 Å².